The summed E-state index contributed by atoms with van der Waals surface area (Å²) >= 11 is 2.92. The van der Waals surface area contributed by atoms with E-state index in [0.29, 0.717) is 25.7 Å². The molecule has 6 aliphatic carbocycles. The third kappa shape index (κ3) is 5.17. The second-order valence-corrected chi connectivity index (χ2v) is 17.4. The number of fused-ring (bicyclic) bond motifs is 5. The highest BCUT2D eigenvalue weighted by atomic mass is 35.8. The fraction of sp³-hybridized carbons (Fsp3) is 1.00. The van der Waals surface area contributed by atoms with Crippen LogP contribution in [0.2, 0.25) is 0 Å². The van der Waals surface area contributed by atoms with Gasteiger partial charge < -0.3 is 9.47 Å². The largest absolute Gasteiger partial charge is 0.643 e. The molecule has 2 nitrogen and oxygen atoms in total. The first kappa shape index (κ1) is 36.5. The summed E-state index contributed by atoms with van der Waals surface area (Å²) in [4.78, 5) is 0. The van der Waals surface area contributed by atoms with Crippen LogP contribution in [0.5, 0.6) is 0 Å². The SMILES string of the molecule is CCl.Cl.FC(F)(F)C1(C(F)(F)F)OC2C3CC4C2C4C31.FC(F)(F)C1(C(F)(F)F)OC2C3CCC(C3)C21.[Cl][Al]([Cl])[Cl]. The number of halogens is 17. The van der Waals surface area contributed by atoms with E-state index in [2.05, 4.69) is 21.1 Å². The predicted octanol–water partition coefficient (Wildman–Crippen LogP) is 9.02. The number of hydrogen-bond donors (Lipinski definition) is 0. The maximum absolute atomic E-state index is 12.9. The molecule has 2 heterocycles. The van der Waals surface area contributed by atoms with Crippen LogP contribution in [0.15, 0.2) is 0 Å². The fourth-order valence-corrected chi connectivity index (χ4v) is 8.65. The number of rotatable bonds is 0. The molecular formula is C21H22AlCl5F12O2. The molecule has 0 aromatic heterocycles. The van der Waals surface area contributed by atoms with Crippen molar-refractivity contribution in [1.29, 1.82) is 0 Å². The normalized spacial score (nSPS) is 40.9. The van der Waals surface area contributed by atoms with E-state index in [1.807, 2.05) is 0 Å². The summed E-state index contributed by atoms with van der Waals surface area (Å²) in [5.41, 5.74) is -7.79. The maximum Gasteiger partial charge on any atom is 0.643 e. The molecule has 2 aliphatic heterocycles. The lowest BCUT2D eigenvalue weighted by Gasteiger charge is -2.56. The van der Waals surface area contributed by atoms with E-state index in [-0.39, 0.29) is 30.2 Å². The summed E-state index contributed by atoms with van der Waals surface area (Å²) in [6.45, 7) is 0. The van der Waals surface area contributed by atoms with Gasteiger partial charge in [-0.2, -0.15) is 52.7 Å². The number of hydrogen-bond acceptors (Lipinski definition) is 2. The minimum atomic E-state index is -5.38. The molecule has 240 valence electrons. The molecule has 8 rings (SSSR count). The van der Waals surface area contributed by atoms with Crippen LogP contribution < -0.4 is 0 Å². The van der Waals surface area contributed by atoms with Crippen molar-refractivity contribution in [3.8, 4) is 0 Å². The number of alkyl halides is 13. The van der Waals surface area contributed by atoms with E-state index < -0.39 is 89.1 Å². The monoisotopic (exact) mass is 736 g/mol. The Morgan fingerprint density at radius 3 is 1.32 bits per heavy atom. The van der Waals surface area contributed by atoms with Gasteiger partial charge in [0.1, 0.15) is 0 Å². The Bertz CT molecular complexity index is 928. The average molecular weight is 739 g/mol. The zero-order valence-electron chi connectivity index (χ0n) is 20.5. The van der Waals surface area contributed by atoms with Crippen LogP contribution in [0.3, 0.4) is 0 Å². The molecule has 8 aliphatic rings. The Hall–Kier alpha value is 1.06. The first-order chi connectivity index (χ1) is 18.1. The van der Waals surface area contributed by atoms with Crippen LogP contribution >= 0.6 is 54.2 Å². The second kappa shape index (κ2) is 11.4. The third-order valence-corrected chi connectivity index (χ3v) is 9.62. The van der Waals surface area contributed by atoms with Crippen LogP contribution in [0.4, 0.5) is 52.7 Å². The van der Waals surface area contributed by atoms with Crippen LogP contribution in [0.25, 0.3) is 0 Å². The lowest BCUT2D eigenvalue weighted by atomic mass is 9.68. The van der Waals surface area contributed by atoms with Crippen molar-refractivity contribution >= 4 is 65.5 Å². The highest BCUT2D eigenvalue weighted by Gasteiger charge is 2.92. The predicted molar refractivity (Wildman–Crippen MR) is 128 cm³/mol. The highest BCUT2D eigenvalue weighted by molar-refractivity contribution is 7.54. The van der Waals surface area contributed by atoms with Gasteiger partial charge in [-0.25, -0.2) is 30.1 Å². The topological polar surface area (TPSA) is 18.5 Å². The van der Waals surface area contributed by atoms with Gasteiger partial charge in [0.15, 0.2) is 0 Å². The summed E-state index contributed by atoms with van der Waals surface area (Å²) in [7, 11) is 14.8. The van der Waals surface area contributed by atoms with Gasteiger partial charge in [-0.1, -0.05) is 0 Å². The quantitative estimate of drug-likeness (QED) is 0.140. The van der Waals surface area contributed by atoms with Crippen molar-refractivity contribution in [3.63, 3.8) is 0 Å². The molecule has 0 aromatic carbocycles. The summed E-state index contributed by atoms with van der Waals surface area (Å²) < 4.78 is 163. The fourth-order valence-electron chi connectivity index (χ4n) is 8.65. The van der Waals surface area contributed by atoms with E-state index in [1.165, 1.54) is 6.38 Å². The molecule has 8 fully saturated rings. The van der Waals surface area contributed by atoms with Gasteiger partial charge in [0.25, 0.3) is 11.2 Å². The van der Waals surface area contributed by atoms with E-state index >= 15 is 0 Å². The Morgan fingerprint density at radius 1 is 0.585 bits per heavy atom. The summed E-state index contributed by atoms with van der Waals surface area (Å²) in [6.07, 6.45) is -19.6. The zero-order valence-corrected chi connectivity index (χ0v) is 25.4. The molecule has 2 saturated heterocycles. The maximum atomic E-state index is 12.9. The number of ether oxygens (including phenoxy) is 2. The molecule has 20 heteroatoms. The highest BCUT2D eigenvalue weighted by Crippen LogP contribution is 2.83. The second-order valence-electron chi connectivity index (χ2n) is 11.0. The molecule has 0 amide bonds. The summed E-state index contributed by atoms with van der Waals surface area (Å²) in [5, 5.41) is 0. The average Bonchev–Trinajstić information content (AvgIpc) is 3.32. The molecule has 0 radical (unpaired) electrons. The Balaban J connectivity index is 0.000000186. The van der Waals surface area contributed by atoms with Crippen LogP contribution in [-0.2, 0) is 9.47 Å². The molecular weight excluding hydrogens is 716 g/mol. The third-order valence-electron chi connectivity index (χ3n) is 9.62. The van der Waals surface area contributed by atoms with Crippen molar-refractivity contribution in [2.75, 3.05) is 6.38 Å². The Labute approximate surface area is 254 Å². The molecule has 0 N–H and O–H groups in total. The zero-order chi connectivity index (χ0) is 30.6. The Kier molecular flexibility index (Phi) is 10.1. The smallest absolute Gasteiger partial charge is 0.354 e. The molecule has 8 bridgehead atoms. The molecule has 41 heavy (non-hydrogen) atoms. The van der Waals surface area contributed by atoms with Gasteiger partial charge in [0, 0.05) is 18.2 Å². The van der Waals surface area contributed by atoms with E-state index in [0.717, 1.165) is 0 Å². The summed E-state index contributed by atoms with van der Waals surface area (Å²) in [6, 6.07) is 0. The van der Waals surface area contributed by atoms with Gasteiger partial charge in [0.05, 0.1) is 12.2 Å². The summed E-state index contributed by atoms with van der Waals surface area (Å²) in [5.74, 6) is -4.29. The van der Waals surface area contributed by atoms with Gasteiger partial charge in [-0.05, 0) is 61.2 Å². The van der Waals surface area contributed by atoms with Crippen molar-refractivity contribution in [2.24, 2.45) is 47.3 Å². The lowest BCUT2D eigenvalue weighted by Crippen LogP contribution is -2.75. The van der Waals surface area contributed by atoms with Gasteiger partial charge >= 0.3 is 36.1 Å². The lowest BCUT2D eigenvalue weighted by molar-refractivity contribution is -0.470. The molecule has 0 aromatic rings. The minimum Gasteiger partial charge on any atom is -0.354 e. The van der Waals surface area contributed by atoms with Crippen molar-refractivity contribution in [3.05, 3.63) is 0 Å². The van der Waals surface area contributed by atoms with Crippen molar-refractivity contribution in [1.82, 2.24) is 0 Å². The molecule has 6 saturated carbocycles. The first-order valence-electron chi connectivity index (χ1n) is 12.0. The van der Waals surface area contributed by atoms with Crippen molar-refractivity contribution < 1.29 is 62.2 Å². The molecule has 10 unspecified atom stereocenters. The van der Waals surface area contributed by atoms with E-state index in [1.54, 1.807) is 0 Å². The molecule has 0 spiro atoms. The standard InChI is InChI=1S/C10H8F6O.C10H10F6O.CH3Cl.Al.4ClH/c11-9(12,13)8(10(14,15)16)6-3-1-2-4(6)5(2)7(3)17-8;11-9(12,13)8(10(14,15)16)6-4-1-2-5(3-4)7(6)17-8;1-2;;;;;/h2-7H,1H2;4-7H,1-3H2;1H3;;4*1H/q;;;+3;;;;/p-3. The van der Waals surface area contributed by atoms with Crippen LogP contribution in [0.1, 0.15) is 25.7 Å². The van der Waals surface area contributed by atoms with Crippen LogP contribution in [-0.4, -0.2) is 65.9 Å². The van der Waals surface area contributed by atoms with Crippen LogP contribution in [0, 0.1) is 47.3 Å². The van der Waals surface area contributed by atoms with E-state index in [9.17, 15) is 52.7 Å². The Morgan fingerprint density at radius 2 is 0.976 bits per heavy atom. The molecule has 10 atom stereocenters. The van der Waals surface area contributed by atoms with Gasteiger partial charge in [0.2, 0.25) is 0 Å². The minimum absolute atomic E-state index is 0. The van der Waals surface area contributed by atoms with Gasteiger partial charge in [-0.15, -0.1) is 24.0 Å². The van der Waals surface area contributed by atoms with E-state index in [4.69, 9.17) is 30.1 Å². The van der Waals surface area contributed by atoms with Gasteiger partial charge in [-0.3, -0.25) is 0 Å². The van der Waals surface area contributed by atoms with Crippen molar-refractivity contribution in [2.45, 2.75) is 73.8 Å². The first-order valence-corrected chi connectivity index (χ1v) is 18.0.